The van der Waals surface area contributed by atoms with Gasteiger partial charge in [-0.1, -0.05) is 42.0 Å². The quantitative estimate of drug-likeness (QED) is 0.675. The van der Waals surface area contributed by atoms with Crippen LogP contribution < -0.4 is 0 Å². The first-order valence-corrected chi connectivity index (χ1v) is 4.13. The fourth-order valence-corrected chi connectivity index (χ4v) is 1.15. The van der Waals surface area contributed by atoms with Crippen molar-refractivity contribution in [2.45, 2.75) is 13.3 Å². The molecule has 0 aliphatic rings. The number of aliphatic hydroxyl groups is 1. The number of rotatable bonds is 3. The van der Waals surface area contributed by atoms with Gasteiger partial charge in [-0.15, -0.1) is 0 Å². The van der Waals surface area contributed by atoms with Crippen molar-refractivity contribution < 1.29 is 5.11 Å². The number of hydrogen-bond acceptors (Lipinski definition) is 1. The molecule has 0 unspecified atom stereocenters. The molecule has 0 radical (unpaired) electrons. The molecule has 0 aliphatic carbocycles. The lowest BCUT2D eigenvalue weighted by Gasteiger charge is -1.99. The van der Waals surface area contributed by atoms with Crippen molar-refractivity contribution in [2.24, 2.45) is 0 Å². The monoisotopic (exact) mass is 162 g/mol. The molecule has 1 rings (SSSR count). The second-order valence-corrected chi connectivity index (χ2v) is 2.90. The van der Waals surface area contributed by atoms with Crippen LogP contribution in [-0.4, -0.2) is 11.7 Å². The van der Waals surface area contributed by atoms with Gasteiger partial charge in [0, 0.05) is 0 Å². The lowest BCUT2D eigenvalue weighted by atomic mass is 10.1. The summed E-state index contributed by atoms with van der Waals surface area (Å²) in [4.78, 5) is 0. The zero-order chi connectivity index (χ0) is 8.81. The first kappa shape index (κ1) is 9.01. The Morgan fingerprint density at radius 1 is 1.33 bits per heavy atom. The third kappa shape index (κ3) is 2.89. The van der Waals surface area contributed by atoms with E-state index in [-0.39, 0.29) is 6.61 Å². The van der Waals surface area contributed by atoms with E-state index < -0.39 is 0 Å². The lowest BCUT2D eigenvalue weighted by molar-refractivity contribution is 0.341. The van der Waals surface area contributed by atoms with Crippen molar-refractivity contribution in [2.75, 3.05) is 6.61 Å². The highest BCUT2D eigenvalue weighted by Crippen LogP contribution is 2.06. The summed E-state index contributed by atoms with van der Waals surface area (Å²) in [6.45, 7) is 2.17. The van der Waals surface area contributed by atoms with Crippen molar-refractivity contribution >= 4 is 0 Å². The Morgan fingerprint density at radius 3 is 2.58 bits per heavy atom. The molecule has 0 saturated heterocycles. The summed E-state index contributed by atoms with van der Waals surface area (Å²) in [6, 6.07) is 10.3. The van der Waals surface area contributed by atoms with Gasteiger partial charge < -0.3 is 5.11 Å². The highest BCUT2D eigenvalue weighted by Gasteiger charge is 1.91. The molecule has 0 heterocycles. The molecule has 1 nitrogen and oxygen atoms in total. The van der Waals surface area contributed by atoms with Crippen molar-refractivity contribution in [3.05, 3.63) is 47.5 Å². The molecule has 0 aliphatic heterocycles. The van der Waals surface area contributed by atoms with Crippen LogP contribution in [0.25, 0.3) is 0 Å². The van der Waals surface area contributed by atoms with Crippen molar-refractivity contribution in [3.63, 3.8) is 0 Å². The van der Waals surface area contributed by atoms with Crippen LogP contribution in [0.1, 0.15) is 12.5 Å². The molecule has 1 aromatic rings. The predicted molar refractivity (Wildman–Crippen MR) is 51.0 cm³/mol. The van der Waals surface area contributed by atoms with Crippen LogP contribution in [0.2, 0.25) is 0 Å². The van der Waals surface area contributed by atoms with Gasteiger partial charge in [0.1, 0.15) is 0 Å². The zero-order valence-corrected chi connectivity index (χ0v) is 7.33. The van der Waals surface area contributed by atoms with Crippen LogP contribution in [0.5, 0.6) is 0 Å². The maximum absolute atomic E-state index is 8.64. The SMILES string of the molecule is C/C(=C/CO)Cc1ccccc1. The Labute approximate surface area is 73.4 Å². The van der Waals surface area contributed by atoms with E-state index in [4.69, 9.17) is 5.11 Å². The fourth-order valence-electron chi connectivity index (χ4n) is 1.15. The molecule has 1 N–H and O–H groups in total. The molecule has 1 heteroatoms. The smallest absolute Gasteiger partial charge is 0.0615 e. The molecular formula is C11H14O. The average molecular weight is 162 g/mol. The minimum Gasteiger partial charge on any atom is -0.392 e. The summed E-state index contributed by atoms with van der Waals surface area (Å²) in [5, 5.41) is 8.64. The topological polar surface area (TPSA) is 20.2 Å². The summed E-state index contributed by atoms with van der Waals surface area (Å²) in [5.74, 6) is 0. The van der Waals surface area contributed by atoms with Crippen LogP contribution in [0, 0.1) is 0 Å². The molecular weight excluding hydrogens is 148 g/mol. The van der Waals surface area contributed by atoms with E-state index in [0.717, 1.165) is 6.42 Å². The van der Waals surface area contributed by atoms with Gasteiger partial charge in [0.15, 0.2) is 0 Å². The van der Waals surface area contributed by atoms with Gasteiger partial charge in [-0.2, -0.15) is 0 Å². The number of benzene rings is 1. The summed E-state index contributed by atoms with van der Waals surface area (Å²) in [6.07, 6.45) is 2.77. The van der Waals surface area contributed by atoms with Crippen LogP contribution >= 0.6 is 0 Å². The molecule has 12 heavy (non-hydrogen) atoms. The van der Waals surface area contributed by atoms with Crippen LogP contribution in [0.4, 0.5) is 0 Å². The third-order valence-corrected chi connectivity index (χ3v) is 1.77. The Balaban J connectivity index is 2.58. The molecule has 0 aromatic heterocycles. The van der Waals surface area contributed by atoms with E-state index in [1.807, 2.05) is 31.2 Å². The average Bonchev–Trinajstić information content (AvgIpc) is 2.06. The molecule has 0 saturated carbocycles. The molecule has 0 fully saturated rings. The fraction of sp³-hybridized carbons (Fsp3) is 0.273. The van der Waals surface area contributed by atoms with E-state index in [1.54, 1.807) is 0 Å². The molecule has 0 spiro atoms. The van der Waals surface area contributed by atoms with Gasteiger partial charge >= 0.3 is 0 Å². The first-order chi connectivity index (χ1) is 5.83. The second kappa shape index (κ2) is 4.73. The standard InChI is InChI=1S/C11H14O/c1-10(7-8-12)9-11-5-3-2-4-6-11/h2-7,12H,8-9H2,1H3/b10-7-. The zero-order valence-electron chi connectivity index (χ0n) is 7.33. The van der Waals surface area contributed by atoms with Crippen LogP contribution in [0.15, 0.2) is 42.0 Å². The Hall–Kier alpha value is -1.08. The summed E-state index contributed by atoms with van der Waals surface area (Å²) in [7, 11) is 0. The molecule has 0 bridgehead atoms. The lowest BCUT2D eigenvalue weighted by Crippen LogP contribution is -1.87. The van der Waals surface area contributed by atoms with Gasteiger partial charge in [-0.25, -0.2) is 0 Å². The largest absolute Gasteiger partial charge is 0.392 e. The predicted octanol–water partition coefficient (Wildman–Crippen LogP) is 2.17. The summed E-state index contributed by atoms with van der Waals surface area (Å²) in [5.41, 5.74) is 2.50. The molecule has 0 amide bonds. The maximum atomic E-state index is 8.64. The van der Waals surface area contributed by atoms with Crippen LogP contribution in [-0.2, 0) is 6.42 Å². The minimum atomic E-state index is 0.138. The summed E-state index contributed by atoms with van der Waals surface area (Å²) >= 11 is 0. The second-order valence-electron chi connectivity index (χ2n) is 2.90. The summed E-state index contributed by atoms with van der Waals surface area (Å²) < 4.78 is 0. The van der Waals surface area contributed by atoms with Crippen molar-refractivity contribution in [3.8, 4) is 0 Å². The van der Waals surface area contributed by atoms with E-state index >= 15 is 0 Å². The Morgan fingerprint density at radius 2 is 2.00 bits per heavy atom. The minimum absolute atomic E-state index is 0.138. The number of allylic oxidation sites excluding steroid dienone is 1. The van der Waals surface area contributed by atoms with Gasteiger partial charge in [0.25, 0.3) is 0 Å². The van der Waals surface area contributed by atoms with Gasteiger partial charge in [-0.05, 0) is 18.9 Å². The first-order valence-electron chi connectivity index (χ1n) is 4.13. The number of hydrogen-bond donors (Lipinski definition) is 1. The van der Waals surface area contributed by atoms with Gasteiger partial charge in [-0.3, -0.25) is 0 Å². The molecule has 64 valence electrons. The van der Waals surface area contributed by atoms with Crippen LogP contribution in [0.3, 0.4) is 0 Å². The van der Waals surface area contributed by atoms with Crippen molar-refractivity contribution in [1.29, 1.82) is 0 Å². The Kier molecular flexibility index (Phi) is 3.55. The van der Waals surface area contributed by atoms with E-state index in [2.05, 4.69) is 12.1 Å². The van der Waals surface area contributed by atoms with E-state index in [1.165, 1.54) is 11.1 Å². The van der Waals surface area contributed by atoms with Crippen molar-refractivity contribution in [1.82, 2.24) is 0 Å². The van der Waals surface area contributed by atoms with E-state index in [0.29, 0.717) is 0 Å². The highest BCUT2D eigenvalue weighted by atomic mass is 16.2. The maximum Gasteiger partial charge on any atom is 0.0615 e. The molecule has 0 atom stereocenters. The number of aliphatic hydroxyl groups excluding tert-OH is 1. The molecule has 1 aromatic carbocycles. The van der Waals surface area contributed by atoms with Gasteiger partial charge in [0.05, 0.1) is 6.61 Å². The van der Waals surface area contributed by atoms with E-state index in [9.17, 15) is 0 Å². The normalized spacial score (nSPS) is 11.7. The van der Waals surface area contributed by atoms with Gasteiger partial charge in [0.2, 0.25) is 0 Å². The Bertz CT molecular complexity index is 249. The third-order valence-electron chi connectivity index (χ3n) is 1.77. The highest BCUT2D eigenvalue weighted by molar-refractivity contribution is 5.20.